The van der Waals surface area contributed by atoms with Crippen LogP contribution in [-0.2, 0) is 10.0 Å². The highest BCUT2D eigenvalue weighted by atomic mass is 32.2. The van der Waals surface area contributed by atoms with E-state index in [0.29, 0.717) is 5.69 Å². The zero-order chi connectivity index (χ0) is 22.2. The number of hydrogen-bond acceptors (Lipinski definition) is 3. The minimum Gasteiger partial charge on any atom is -0.377 e. The van der Waals surface area contributed by atoms with Crippen LogP contribution in [-0.4, -0.2) is 22.5 Å². The molecule has 3 rings (SSSR count). The van der Waals surface area contributed by atoms with Gasteiger partial charge >= 0.3 is 0 Å². The molecular formula is C21H18F4N2O2S. The lowest BCUT2D eigenvalue weighted by atomic mass is 9.99. The Kier molecular flexibility index (Phi) is 5.76. The fraction of sp³-hybridized carbons (Fsp3) is 0.143. The highest BCUT2D eigenvalue weighted by Crippen LogP contribution is 2.39. The van der Waals surface area contributed by atoms with Crippen molar-refractivity contribution in [1.82, 2.24) is 0 Å². The van der Waals surface area contributed by atoms with Gasteiger partial charge in [-0.2, -0.15) is 0 Å². The quantitative estimate of drug-likeness (QED) is 0.343. The Labute approximate surface area is 171 Å². The summed E-state index contributed by atoms with van der Waals surface area (Å²) in [4.78, 5) is 1.44. The van der Waals surface area contributed by atoms with Crippen molar-refractivity contribution in [3.8, 4) is 11.1 Å². The minimum atomic E-state index is -4.40. The fourth-order valence-corrected chi connectivity index (χ4v) is 4.13. The molecule has 0 heterocycles. The lowest BCUT2D eigenvalue weighted by Gasteiger charge is -2.19. The fourth-order valence-electron chi connectivity index (χ4n) is 3.04. The van der Waals surface area contributed by atoms with Gasteiger partial charge in [-0.05, 0) is 36.2 Å². The maximum absolute atomic E-state index is 14.8. The van der Waals surface area contributed by atoms with Crippen molar-refractivity contribution >= 4 is 21.4 Å². The van der Waals surface area contributed by atoms with Crippen LogP contribution in [0.5, 0.6) is 0 Å². The van der Waals surface area contributed by atoms with E-state index in [9.17, 15) is 26.0 Å². The van der Waals surface area contributed by atoms with Gasteiger partial charge in [-0.1, -0.05) is 30.3 Å². The first-order valence-electron chi connectivity index (χ1n) is 8.76. The van der Waals surface area contributed by atoms with Crippen molar-refractivity contribution in [1.29, 1.82) is 0 Å². The Hall–Kier alpha value is -3.07. The molecule has 0 aromatic heterocycles. The molecule has 0 amide bonds. The monoisotopic (exact) mass is 438 g/mol. The third-order valence-corrected chi connectivity index (χ3v) is 5.90. The molecule has 0 unspecified atom stereocenters. The Morgan fingerprint density at radius 1 is 0.833 bits per heavy atom. The number of anilines is 2. The summed E-state index contributed by atoms with van der Waals surface area (Å²) in [7, 11) is -0.972. The zero-order valence-corrected chi connectivity index (χ0v) is 17.1. The van der Waals surface area contributed by atoms with Crippen LogP contribution in [0.3, 0.4) is 0 Å². The number of benzene rings is 3. The predicted molar refractivity (Wildman–Crippen MR) is 108 cm³/mol. The predicted octanol–water partition coefficient (Wildman–Crippen LogP) is 5.09. The second kappa shape index (κ2) is 7.98. The van der Waals surface area contributed by atoms with Crippen LogP contribution in [0.25, 0.3) is 11.1 Å². The minimum absolute atomic E-state index is 0.0228. The summed E-state index contributed by atoms with van der Waals surface area (Å²) < 4.78 is 84.6. The number of nitrogens with zero attached hydrogens (tertiary/aromatic N) is 1. The molecule has 0 aliphatic heterocycles. The van der Waals surface area contributed by atoms with Crippen molar-refractivity contribution in [3.63, 3.8) is 0 Å². The molecule has 30 heavy (non-hydrogen) atoms. The molecule has 3 aromatic rings. The molecule has 158 valence electrons. The van der Waals surface area contributed by atoms with Crippen molar-refractivity contribution < 1.29 is 26.0 Å². The molecule has 1 N–H and O–H groups in total. The summed E-state index contributed by atoms with van der Waals surface area (Å²) in [6, 6.07) is 11.3. The third kappa shape index (κ3) is 3.85. The SMILES string of the molecule is Cc1ccc(-c2c(F)c(F)c(F)c(F)c2NS(=O)(=O)c2ccccc2)cc1N(C)C. The Bertz CT molecular complexity index is 1210. The van der Waals surface area contributed by atoms with Gasteiger partial charge in [-0.3, -0.25) is 4.72 Å². The molecule has 0 atom stereocenters. The van der Waals surface area contributed by atoms with E-state index in [2.05, 4.69) is 0 Å². The van der Waals surface area contributed by atoms with Gasteiger partial charge in [0.2, 0.25) is 0 Å². The van der Waals surface area contributed by atoms with Gasteiger partial charge in [0.05, 0.1) is 10.6 Å². The van der Waals surface area contributed by atoms with Crippen LogP contribution in [0.15, 0.2) is 53.4 Å². The van der Waals surface area contributed by atoms with E-state index in [0.717, 1.165) is 5.56 Å². The molecule has 3 aromatic carbocycles. The number of nitrogens with one attached hydrogen (secondary N) is 1. The summed E-state index contributed by atoms with van der Waals surface area (Å²) in [6.07, 6.45) is 0. The number of sulfonamides is 1. The Balaban J connectivity index is 2.28. The normalized spacial score (nSPS) is 11.4. The van der Waals surface area contributed by atoms with E-state index >= 15 is 0 Å². The average molecular weight is 438 g/mol. The van der Waals surface area contributed by atoms with E-state index in [1.165, 1.54) is 36.4 Å². The highest BCUT2D eigenvalue weighted by Gasteiger charge is 2.29. The zero-order valence-electron chi connectivity index (χ0n) is 16.3. The van der Waals surface area contributed by atoms with Crippen LogP contribution in [0, 0.1) is 30.2 Å². The molecule has 0 aliphatic carbocycles. The first-order chi connectivity index (χ1) is 14.0. The number of aryl methyl sites for hydroxylation is 1. The summed E-state index contributed by atoms with van der Waals surface area (Å²) in [6.45, 7) is 1.78. The molecule has 0 saturated heterocycles. The molecule has 0 bridgehead atoms. The van der Waals surface area contributed by atoms with Gasteiger partial charge in [0, 0.05) is 25.3 Å². The van der Waals surface area contributed by atoms with Crippen molar-refractivity contribution in [3.05, 3.63) is 77.4 Å². The molecule has 4 nitrogen and oxygen atoms in total. The van der Waals surface area contributed by atoms with Crippen LogP contribution < -0.4 is 9.62 Å². The van der Waals surface area contributed by atoms with Gasteiger partial charge in [0.1, 0.15) is 0 Å². The lowest BCUT2D eigenvalue weighted by molar-refractivity contribution is 0.413. The van der Waals surface area contributed by atoms with Crippen LogP contribution >= 0.6 is 0 Å². The second-order valence-corrected chi connectivity index (χ2v) is 8.50. The van der Waals surface area contributed by atoms with Gasteiger partial charge in [0.25, 0.3) is 10.0 Å². The Morgan fingerprint density at radius 3 is 2.03 bits per heavy atom. The van der Waals surface area contributed by atoms with E-state index in [-0.39, 0.29) is 10.5 Å². The van der Waals surface area contributed by atoms with E-state index in [4.69, 9.17) is 0 Å². The molecule has 0 aliphatic rings. The third-order valence-electron chi connectivity index (χ3n) is 4.54. The summed E-state index contributed by atoms with van der Waals surface area (Å²) in [5.41, 5.74) is -0.365. The average Bonchev–Trinajstić information content (AvgIpc) is 2.72. The van der Waals surface area contributed by atoms with Gasteiger partial charge < -0.3 is 4.90 Å². The summed E-state index contributed by atoms with van der Waals surface area (Å²) in [5.74, 6) is -7.68. The van der Waals surface area contributed by atoms with E-state index in [1.807, 2.05) is 4.72 Å². The largest absolute Gasteiger partial charge is 0.377 e. The van der Waals surface area contributed by atoms with Crippen molar-refractivity contribution in [2.24, 2.45) is 0 Å². The van der Waals surface area contributed by atoms with Crippen molar-refractivity contribution in [2.75, 3.05) is 23.7 Å². The number of rotatable bonds is 5. The van der Waals surface area contributed by atoms with Crippen molar-refractivity contribution in [2.45, 2.75) is 11.8 Å². The van der Waals surface area contributed by atoms with Gasteiger partial charge in [-0.25, -0.2) is 26.0 Å². The molecular weight excluding hydrogens is 420 g/mol. The summed E-state index contributed by atoms with van der Waals surface area (Å²) in [5, 5.41) is 0. The maximum Gasteiger partial charge on any atom is 0.262 e. The Morgan fingerprint density at radius 2 is 1.43 bits per heavy atom. The van der Waals surface area contributed by atoms with Crippen LogP contribution in [0.4, 0.5) is 28.9 Å². The topological polar surface area (TPSA) is 49.4 Å². The second-order valence-electron chi connectivity index (χ2n) is 6.82. The standard InChI is InChI=1S/C21H18F4N2O2S/c1-12-9-10-13(11-15(12)27(2)3)16-17(22)18(23)19(24)20(25)21(16)26-30(28,29)14-7-5-4-6-8-14/h4-11,26H,1-3H3. The van der Waals surface area contributed by atoms with Gasteiger partial charge in [0.15, 0.2) is 23.3 Å². The van der Waals surface area contributed by atoms with E-state index in [1.54, 1.807) is 38.1 Å². The molecule has 0 saturated carbocycles. The first-order valence-corrected chi connectivity index (χ1v) is 10.2. The van der Waals surface area contributed by atoms with E-state index < -0.39 is 44.5 Å². The molecule has 0 radical (unpaired) electrons. The number of halogens is 4. The van der Waals surface area contributed by atoms with Crippen LogP contribution in [0.1, 0.15) is 5.56 Å². The smallest absolute Gasteiger partial charge is 0.262 e. The first kappa shape index (κ1) is 21.6. The lowest BCUT2D eigenvalue weighted by Crippen LogP contribution is -2.17. The van der Waals surface area contributed by atoms with Crippen LogP contribution in [0.2, 0.25) is 0 Å². The summed E-state index contributed by atoms with van der Waals surface area (Å²) >= 11 is 0. The molecule has 0 spiro atoms. The maximum atomic E-state index is 14.8. The number of hydrogen-bond donors (Lipinski definition) is 1. The molecule has 0 fully saturated rings. The molecule has 9 heteroatoms. The highest BCUT2D eigenvalue weighted by molar-refractivity contribution is 7.92. The van der Waals surface area contributed by atoms with Gasteiger partial charge in [-0.15, -0.1) is 0 Å².